The van der Waals surface area contributed by atoms with E-state index in [9.17, 15) is 0 Å². The molecular formula is C36H33N2P. The lowest BCUT2D eigenvalue weighted by Crippen LogP contribution is -2.23. The van der Waals surface area contributed by atoms with Gasteiger partial charge in [0.2, 0.25) is 0 Å². The Hall–Kier alpha value is -4.48. The number of allylic oxidation sites excluding steroid dienone is 8. The van der Waals surface area contributed by atoms with Crippen molar-refractivity contribution in [1.29, 1.82) is 0 Å². The molecule has 0 aliphatic carbocycles. The molecule has 0 radical (unpaired) electrons. The van der Waals surface area contributed by atoms with Crippen LogP contribution in [0.2, 0.25) is 0 Å². The molecule has 0 bridgehead atoms. The van der Waals surface area contributed by atoms with Crippen molar-refractivity contribution in [2.24, 2.45) is 0 Å². The van der Waals surface area contributed by atoms with Crippen molar-refractivity contribution in [2.75, 3.05) is 0 Å². The molecule has 39 heavy (non-hydrogen) atoms. The number of benzene rings is 2. The van der Waals surface area contributed by atoms with Gasteiger partial charge in [-0.05, 0) is 54.6 Å². The van der Waals surface area contributed by atoms with E-state index in [0.717, 1.165) is 49.8 Å². The van der Waals surface area contributed by atoms with E-state index in [2.05, 4.69) is 86.7 Å². The summed E-state index contributed by atoms with van der Waals surface area (Å²) in [5.41, 5.74) is 11.2. The van der Waals surface area contributed by atoms with Gasteiger partial charge in [-0.1, -0.05) is 123 Å². The molecule has 0 spiro atoms. The Kier molecular flexibility index (Phi) is 9.08. The molecule has 0 saturated heterocycles. The summed E-state index contributed by atoms with van der Waals surface area (Å²) in [6, 6.07) is 32.8. The van der Waals surface area contributed by atoms with Crippen molar-refractivity contribution in [1.82, 2.24) is 9.97 Å². The molecule has 2 aromatic carbocycles. The summed E-state index contributed by atoms with van der Waals surface area (Å²) in [6.07, 6.45) is 9.96. The molecule has 4 aromatic rings. The summed E-state index contributed by atoms with van der Waals surface area (Å²) in [5, 5.41) is 1.10. The van der Waals surface area contributed by atoms with Crippen molar-refractivity contribution in [3.8, 4) is 22.5 Å². The van der Waals surface area contributed by atoms with Crippen LogP contribution < -0.4 is 10.9 Å². The van der Waals surface area contributed by atoms with E-state index < -0.39 is 6.89 Å². The van der Waals surface area contributed by atoms with Crippen LogP contribution in [0, 0.1) is 0 Å². The summed E-state index contributed by atoms with van der Waals surface area (Å²) in [6.45, 7) is 13.9. The first kappa shape index (κ1) is 27.6. The lowest BCUT2D eigenvalue weighted by atomic mass is 10.1. The minimum Gasteiger partial charge on any atom is -0.247 e. The van der Waals surface area contributed by atoms with Crippen LogP contribution in [0.4, 0.5) is 0 Å². The van der Waals surface area contributed by atoms with Gasteiger partial charge in [0.25, 0.3) is 0 Å². The minimum absolute atomic E-state index is 0.900. The third kappa shape index (κ3) is 6.00. The maximum absolute atomic E-state index is 5.19. The summed E-state index contributed by atoms with van der Waals surface area (Å²) < 4.78 is 0. The quantitative estimate of drug-likeness (QED) is 0.162. The second kappa shape index (κ2) is 12.9. The van der Waals surface area contributed by atoms with Gasteiger partial charge in [-0.15, -0.1) is 5.45 Å². The third-order valence-corrected chi connectivity index (χ3v) is 10.2. The van der Waals surface area contributed by atoms with Crippen molar-refractivity contribution in [3.63, 3.8) is 0 Å². The molecule has 3 heteroatoms. The topological polar surface area (TPSA) is 25.8 Å². The monoisotopic (exact) mass is 524 g/mol. The van der Waals surface area contributed by atoms with Crippen molar-refractivity contribution in [3.05, 3.63) is 164 Å². The standard InChI is InChI=1S/C36H33N2P/c1-6-30(7-2)28(4)18-15-19-29(5)39(8-3,35-26-16-24-33(37-35)31-20-11-9-12-21-31)36-27-17-25-34(38-36)32-22-13-10-14-23-32/h6-7,9-27H,1,3-4H2,2,5H3/b18-15-,29-19+,30-7+. The van der Waals surface area contributed by atoms with E-state index in [-0.39, 0.29) is 0 Å². The van der Waals surface area contributed by atoms with Gasteiger partial charge in [-0.2, -0.15) is 0 Å². The lowest BCUT2D eigenvalue weighted by Gasteiger charge is -2.25. The van der Waals surface area contributed by atoms with Crippen LogP contribution in [0.15, 0.2) is 164 Å². The van der Waals surface area contributed by atoms with Crippen LogP contribution in [-0.2, 0) is 0 Å². The van der Waals surface area contributed by atoms with Crippen LogP contribution in [0.5, 0.6) is 0 Å². The predicted molar refractivity (Wildman–Crippen MR) is 172 cm³/mol. The molecule has 0 saturated carbocycles. The largest absolute Gasteiger partial charge is 0.247 e. The van der Waals surface area contributed by atoms with Gasteiger partial charge in [0.1, 0.15) is 0 Å². The molecular weight excluding hydrogens is 491 g/mol. The van der Waals surface area contributed by atoms with Gasteiger partial charge < -0.3 is 0 Å². The Labute approximate surface area is 232 Å². The summed E-state index contributed by atoms with van der Waals surface area (Å²) in [5.74, 6) is 0. The molecule has 4 rings (SSSR count). The normalized spacial score (nSPS) is 12.3. The summed E-state index contributed by atoms with van der Waals surface area (Å²) in [7, 11) is 0. The molecule has 0 aliphatic rings. The zero-order chi connectivity index (χ0) is 27.7. The van der Waals surface area contributed by atoms with Gasteiger partial charge in [-0.3, -0.25) is 0 Å². The smallest absolute Gasteiger partial charge is 0.0804 e. The van der Waals surface area contributed by atoms with Crippen LogP contribution in [0.1, 0.15) is 13.8 Å². The molecule has 0 atom stereocenters. The van der Waals surface area contributed by atoms with Gasteiger partial charge in [-0.25, -0.2) is 9.97 Å². The molecule has 0 amide bonds. The number of hydrogen-bond donors (Lipinski definition) is 0. The van der Waals surface area contributed by atoms with Crippen LogP contribution in [-0.4, -0.2) is 15.4 Å². The fourth-order valence-electron chi connectivity index (χ4n) is 4.47. The average Bonchev–Trinajstić information content (AvgIpc) is 3.00. The number of hydrogen-bond acceptors (Lipinski definition) is 2. The number of rotatable bonds is 9. The number of pyridine rings is 2. The number of aromatic nitrogens is 2. The molecule has 2 aromatic heterocycles. The second-order valence-corrected chi connectivity index (χ2v) is 12.2. The van der Waals surface area contributed by atoms with Gasteiger partial charge >= 0.3 is 0 Å². The Morgan fingerprint density at radius 3 is 1.72 bits per heavy atom. The minimum atomic E-state index is -2.50. The van der Waals surface area contributed by atoms with Crippen molar-refractivity contribution < 1.29 is 0 Å². The van der Waals surface area contributed by atoms with Crippen LogP contribution in [0.3, 0.4) is 0 Å². The summed E-state index contributed by atoms with van der Waals surface area (Å²) in [4.78, 5) is 10.4. The molecule has 0 fully saturated rings. The SMILES string of the molecule is C=C=P(/C(C)=C/C=C\C(=C)/C(C=C)=C/C)(c1cccc(-c2ccccc2)n1)c1cccc(-c2ccccc2)n1. The van der Waals surface area contributed by atoms with Crippen LogP contribution in [0.25, 0.3) is 22.5 Å². The third-order valence-electron chi connectivity index (χ3n) is 6.60. The van der Waals surface area contributed by atoms with E-state index in [1.54, 1.807) is 0 Å². The number of nitrogens with zero attached hydrogens (tertiary/aromatic N) is 2. The Balaban J connectivity index is 1.92. The molecule has 0 N–H and O–H groups in total. The fraction of sp³-hybridized carbons (Fsp3) is 0.0556. The Morgan fingerprint density at radius 2 is 1.28 bits per heavy atom. The maximum Gasteiger partial charge on any atom is 0.0804 e. The molecule has 2 heterocycles. The first-order valence-corrected chi connectivity index (χ1v) is 14.7. The van der Waals surface area contributed by atoms with Crippen molar-refractivity contribution in [2.45, 2.75) is 13.8 Å². The van der Waals surface area contributed by atoms with E-state index in [1.807, 2.05) is 79.8 Å². The Morgan fingerprint density at radius 1 is 0.769 bits per heavy atom. The molecule has 2 nitrogen and oxygen atoms in total. The van der Waals surface area contributed by atoms with E-state index >= 15 is 0 Å². The first-order valence-electron chi connectivity index (χ1n) is 12.9. The summed E-state index contributed by atoms with van der Waals surface area (Å²) >= 11 is 0. The van der Waals surface area contributed by atoms with Crippen LogP contribution >= 0.6 is 6.89 Å². The molecule has 0 aliphatic heterocycles. The molecule has 0 unspecified atom stereocenters. The maximum atomic E-state index is 5.19. The van der Waals surface area contributed by atoms with Crippen molar-refractivity contribution >= 4 is 23.2 Å². The van der Waals surface area contributed by atoms with E-state index in [1.165, 1.54) is 0 Å². The highest BCUT2D eigenvalue weighted by Crippen LogP contribution is 2.51. The van der Waals surface area contributed by atoms with E-state index in [0.29, 0.717) is 0 Å². The van der Waals surface area contributed by atoms with Gasteiger partial charge in [0.05, 0.1) is 22.3 Å². The average molecular weight is 525 g/mol. The highest BCUT2D eigenvalue weighted by Gasteiger charge is 2.28. The highest BCUT2D eigenvalue weighted by molar-refractivity contribution is 7.90. The first-order chi connectivity index (χ1) is 19.0. The van der Waals surface area contributed by atoms with E-state index in [4.69, 9.17) is 9.97 Å². The van der Waals surface area contributed by atoms with Gasteiger partial charge in [0.15, 0.2) is 0 Å². The predicted octanol–water partition coefficient (Wildman–Crippen LogP) is 8.51. The zero-order valence-corrected chi connectivity index (χ0v) is 23.5. The lowest BCUT2D eigenvalue weighted by molar-refractivity contribution is 1.36. The zero-order valence-electron chi connectivity index (χ0n) is 22.6. The van der Waals surface area contributed by atoms with Gasteiger partial charge in [0, 0.05) is 18.0 Å². The second-order valence-electron chi connectivity index (χ2n) is 8.96. The fourth-order valence-corrected chi connectivity index (χ4v) is 7.45. The highest BCUT2D eigenvalue weighted by atomic mass is 31.2. The molecule has 192 valence electrons. The Bertz CT molecular complexity index is 1560.